The van der Waals surface area contributed by atoms with Crippen molar-refractivity contribution in [2.45, 2.75) is 20.3 Å². The first-order chi connectivity index (χ1) is 7.65. The zero-order valence-electron chi connectivity index (χ0n) is 9.81. The van der Waals surface area contributed by atoms with Gasteiger partial charge in [0.25, 0.3) is 0 Å². The van der Waals surface area contributed by atoms with Crippen molar-refractivity contribution in [1.29, 1.82) is 0 Å². The van der Waals surface area contributed by atoms with Crippen LogP contribution in [0.15, 0.2) is 17.5 Å². The predicted molar refractivity (Wildman–Crippen MR) is 66.4 cm³/mol. The Morgan fingerprint density at radius 1 is 1.56 bits per heavy atom. The van der Waals surface area contributed by atoms with Gasteiger partial charge in [0.05, 0.1) is 12.5 Å². The summed E-state index contributed by atoms with van der Waals surface area (Å²) in [5.74, 6) is -0.114. The van der Waals surface area contributed by atoms with E-state index in [0.717, 1.165) is 6.42 Å². The lowest BCUT2D eigenvalue weighted by atomic mass is 9.96. The van der Waals surface area contributed by atoms with Gasteiger partial charge in [-0.3, -0.25) is 4.79 Å². The van der Waals surface area contributed by atoms with Gasteiger partial charge in [0.1, 0.15) is 0 Å². The van der Waals surface area contributed by atoms with Crippen molar-refractivity contribution in [3.05, 3.63) is 22.4 Å². The molecular weight excluding hydrogens is 222 g/mol. The molecule has 0 saturated carbocycles. The SMILES string of the molecule is CC(C)C(CN)C(=O)OCCc1cccs1. The highest BCUT2D eigenvalue weighted by atomic mass is 32.1. The van der Waals surface area contributed by atoms with E-state index < -0.39 is 0 Å². The largest absolute Gasteiger partial charge is 0.465 e. The number of thiophene rings is 1. The third-order valence-electron chi connectivity index (χ3n) is 2.53. The highest BCUT2D eigenvalue weighted by Gasteiger charge is 2.21. The highest BCUT2D eigenvalue weighted by molar-refractivity contribution is 7.09. The molecule has 0 aromatic carbocycles. The minimum absolute atomic E-state index is 0.172. The van der Waals surface area contributed by atoms with E-state index in [4.69, 9.17) is 10.5 Å². The van der Waals surface area contributed by atoms with Gasteiger partial charge in [-0.05, 0) is 17.4 Å². The molecule has 4 heteroatoms. The van der Waals surface area contributed by atoms with E-state index in [-0.39, 0.29) is 17.8 Å². The molecule has 1 rings (SSSR count). The van der Waals surface area contributed by atoms with Gasteiger partial charge in [-0.15, -0.1) is 11.3 Å². The number of ether oxygens (including phenoxy) is 1. The summed E-state index contributed by atoms with van der Waals surface area (Å²) in [5.41, 5.74) is 5.54. The fraction of sp³-hybridized carbons (Fsp3) is 0.583. The Kier molecular flexibility index (Phi) is 5.49. The first-order valence-corrected chi connectivity index (χ1v) is 6.42. The van der Waals surface area contributed by atoms with Gasteiger partial charge in [-0.1, -0.05) is 19.9 Å². The molecule has 2 N–H and O–H groups in total. The van der Waals surface area contributed by atoms with E-state index in [1.54, 1.807) is 11.3 Å². The van der Waals surface area contributed by atoms with E-state index in [9.17, 15) is 4.79 Å². The number of nitrogens with two attached hydrogens (primary N) is 1. The van der Waals surface area contributed by atoms with Crippen molar-refractivity contribution in [3.63, 3.8) is 0 Å². The molecule has 0 aliphatic heterocycles. The molecule has 0 bridgehead atoms. The van der Waals surface area contributed by atoms with Crippen molar-refractivity contribution in [2.75, 3.05) is 13.2 Å². The maximum Gasteiger partial charge on any atom is 0.310 e. The molecule has 0 aliphatic rings. The number of hydrogen-bond donors (Lipinski definition) is 1. The van der Waals surface area contributed by atoms with Gasteiger partial charge in [0, 0.05) is 17.8 Å². The molecule has 1 unspecified atom stereocenters. The fourth-order valence-corrected chi connectivity index (χ4v) is 2.14. The summed E-state index contributed by atoms with van der Waals surface area (Å²) >= 11 is 1.68. The first-order valence-electron chi connectivity index (χ1n) is 5.54. The average Bonchev–Trinajstić information content (AvgIpc) is 2.71. The van der Waals surface area contributed by atoms with Gasteiger partial charge >= 0.3 is 5.97 Å². The van der Waals surface area contributed by atoms with Gasteiger partial charge < -0.3 is 10.5 Å². The Morgan fingerprint density at radius 2 is 2.31 bits per heavy atom. The predicted octanol–water partition coefficient (Wildman–Crippen LogP) is 2.06. The van der Waals surface area contributed by atoms with E-state index in [0.29, 0.717) is 13.2 Å². The molecule has 0 fully saturated rings. The Morgan fingerprint density at radius 3 is 2.81 bits per heavy atom. The molecule has 0 amide bonds. The lowest BCUT2D eigenvalue weighted by Gasteiger charge is -2.17. The van der Waals surface area contributed by atoms with Crippen LogP contribution in [-0.4, -0.2) is 19.1 Å². The van der Waals surface area contributed by atoms with Gasteiger partial charge in [0.2, 0.25) is 0 Å². The second-order valence-electron chi connectivity index (χ2n) is 4.08. The Hall–Kier alpha value is -0.870. The van der Waals surface area contributed by atoms with E-state index in [2.05, 4.69) is 0 Å². The van der Waals surface area contributed by atoms with E-state index in [1.807, 2.05) is 31.4 Å². The number of esters is 1. The molecule has 3 nitrogen and oxygen atoms in total. The number of hydrogen-bond acceptors (Lipinski definition) is 4. The van der Waals surface area contributed by atoms with Crippen molar-refractivity contribution in [1.82, 2.24) is 0 Å². The average molecular weight is 241 g/mol. The Bertz CT molecular complexity index is 309. The van der Waals surface area contributed by atoms with E-state index in [1.165, 1.54) is 4.88 Å². The van der Waals surface area contributed by atoms with Crippen LogP contribution >= 0.6 is 11.3 Å². The lowest BCUT2D eigenvalue weighted by molar-refractivity contribution is -0.149. The quantitative estimate of drug-likeness (QED) is 0.776. The summed E-state index contributed by atoms with van der Waals surface area (Å²) in [4.78, 5) is 12.9. The Labute approximate surface area is 101 Å². The summed E-state index contributed by atoms with van der Waals surface area (Å²) < 4.78 is 5.22. The molecule has 0 radical (unpaired) electrons. The summed E-state index contributed by atoms with van der Waals surface area (Å²) in [6, 6.07) is 4.04. The Balaban J connectivity index is 2.29. The van der Waals surface area contributed by atoms with Gasteiger partial charge in [-0.2, -0.15) is 0 Å². The maximum atomic E-state index is 11.6. The van der Waals surface area contributed by atoms with Crippen LogP contribution < -0.4 is 5.73 Å². The molecule has 0 spiro atoms. The third kappa shape index (κ3) is 3.94. The first kappa shape index (κ1) is 13.2. The monoisotopic (exact) mass is 241 g/mol. The zero-order chi connectivity index (χ0) is 12.0. The molecule has 1 aromatic rings. The molecule has 16 heavy (non-hydrogen) atoms. The molecule has 0 aliphatic carbocycles. The lowest BCUT2D eigenvalue weighted by Crippen LogP contribution is -2.30. The number of rotatable bonds is 6. The minimum atomic E-state index is -0.177. The van der Waals surface area contributed by atoms with Gasteiger partial charge in [-0.25, -0.2) is 0 Å². The smallest absolute Gasteiger partial charge is 0.310 e. The van der Waals surface area contributed by atoms with Crippen LogP contribution in [0.2, 0.25) is 0 Å². The van der Waals surface area contributed by atoms with Crippen LogP contribution in [0, 0.1) is 11.8 Å². The minimum Gasteiger partial charge on any atom is -0.465 e. The molecule has 1 heterocycles. The molecule has 90 valence electrons. The molecule has 0 saturated heterocycles. The molecular formula is C12H19NO2S. The topological polar surface area (TPSA) is 52.3 Å². The van der Waals surface area contributed by atoms with Crippen molar-refractivity contribution in [3.8, 4) is 0 Å². The summed E-state index contributed by atoms with van der Waals surface area (Å²) in [6.07, 6.45) is 0.790. The van der Waals surface area contributed by atoms with Crippen LogP contribution in [0.4, 0.5) is 0 Å². The zero-order valence-corrected chi connectivity index (χ0v) is 10.6. The standard InChI is InChI=1S/C12H19NO2S/c1-9(2)11(8-13)12(14)15-6-5-10-4-3-7-16-10/h3-4,7,9,11H,5-6,8,13H2,1-2H3. The van der Waals surface area contributed by atoms with Crippen LogP contribution in [0.1, 0.15) is 18.7 Å². The van der Waals surface area contributed by atoms with Crippen LogP contribution in [-0.2, 0) is 16.0 Å². The van der Waals surface area contributed by atoms with E-state index >= 15 is 0 Å². The summed E-state index contributed by atoms with van der Waals surface area (Å²) in [6.45, 7) is 4.77. The van der Waals surface area contributed by atoms with Crippen molar-refractivity contribution >= 4 is 17.3 Å². The third-order valence-corrected chi connectivity index (χ3v) is 3.47. The van der Waals surface area contributed by atoms with Crippen molar-refractivity contribution < 1.29 is 9.53 Å². The number of carbonyl (C=O) groups is 1. The molecule has 1 aromatic heterocycles. The second kappa shape index (κ2) is 6.66. The normalized spacial score (nSPS) is 12.8. The van der Waals surface area contributed by atoms with Crippen LogP contribution in [0.25, 0.3) is 0 Å². The maximum absolute atomic E-state index is 11.6. The van der Waals surface area contributed by atoms with Crippen molar-refractivity contribution in [2.24, 2.45) is 17.6 Å². The van der Waals surface area contributed by atoms with Crippen LogP contribution in [0.5, 0.6) is 0 Å². The highest BCUT2D eigenvalue weighted by Crippen LogP contribution is 2.13. The molecule has 1 atom stereocenters. The summed E-state index contributed by atoms with van der Waals surface area (Å²) in [7, 11) is 0. The second-order valence-corrected chi connectivity index (χ2v) is 5.12. The van der Waals surface area contributed by atoms with Gasteiger partial charge in [0.15, 0.2) is 0 Å². The fourth-order valence-electron chi connectivity index (χ4n) is 1.45. The number of carbonyl (C=O) groups excluding carboxylic acids is 1. The summed E-state index contributed by atoms with van der Waals surface area (Å²) in [5, 5.41) is 2.02. The van der Waals surface area contributed by atoms with Crippen LogP contribution in [0.3, 0.4) is 0 Å².